The molecule has 31 heavy (non-hydrogen) atoms. The Morgan fingerprint density at radius 2 is 1.74 bits per heavy atom. The fourth-order valence-electron chi connectivity index (χ4n) is 3.09. The Morgan fingerprint density at radius 3 is 2.42 bits per heavy atom. The lowest BCUT2D eigenvalue weighted by Crippen LogP contribution is -2.01. The molecule has 2 rings (SSSR count). The van der Waals surface area contributed by atoms with E-state index in [1.54, 1.807) is 19.2 Å². The van der Waals surface area contributed by atoms with Crippen LogP contribution in [0, 0.1) is 0 Å². The van der Waals surface area contributed by atoms with Crippen molar-refractivity contribution in [1.82, 2.24) is 4.98 Å². The topological polar surface area (TPSA) is 88.9 Å². The molecule has 168 valence electrons. The number of thioether (sulfide) groups is 1. The predicted octanol–water partition coefficient (Wildman–Crippen LogP) is 5.19. The number of carboxylic acid groups (broad SMARTS) is 1. The van der Waals surface area contributed by atoms with Gasteiger partial charge in [0.1, 0.15) is 17.2 Å². The molecule has 1 aromatic carbocycles. The number of carboxylic acids is 1. The zero-order chi connectivity index (χ0) is 22.3. The first-order valence-electron chi connectivity index (χ1n) is 10.5. The number of benzene rings is 1. The molecule has 0 saturated heterocycles. The van der Waals surface area contributed by atoms with Gasteiger partial charge >= 0.3 is 5.97 Å². The van der Waals surface area contributed by atoms with Gasteiger partial charge in [0.2, 0.25) is 0 Å². The van der Waals surface area contributed by atoms with E-state index in [2.05, 4.69) is 17.1 Å². The number of methoxy groups -OCH3 is 1. The lowest BCUT2D eigenvalue weighted by Gasteiger charge is -2.10. The maximum absolute atomic E-state index is 10.8. The van der Waals surface area contributed by atoms with Crippen molar-refractivity contribution >= 4 is 23.8 Å². The Bertz CT molecular complexity index is 823. The SMILES string of the molecule is COc1ccc(CCCCCCCCOc2ccc(SCO)nc2C=CC(=O)O)cc1. The van der Waals surface area contributed by atoms with Gasteiger partial charge in [0.15, 0.2) is 0 Å². The number of unbranched alkanes of at least 4 members (excludes halogenated alkanes) is 5. The van der Waals surface area contributed by atoms with Crippen LogP contribution in [-0.4, -0.2) is 40.8 Å². The Hall–Kier alpha value is -2.51. The third-order valence-corrected chi connectivity index (χ3v) is 5.39. The van der Waals surface area contributed by atoms with Gasteiger partial charge in [-0.25, -0.2) is 9.78 Å². The highest BCUT2D eigenvalue weighted by Gasteiger charge is 2.06. The zero-order valence-electron chi connectivity index (χ0n) is 18.0. The van der Waals surface area contributed by atoms with Gasteiger partial charge in [0.05, 0.1) is 24.7 Å². The summed E-state index contributed by atoms with van der Waals surface area (Å²) in [5.74, 6) is 0.320. The van der Waals surface area contributed by atoms with Crippen molar-refractivity contribution < 1.29 is 24.5 Å². The molecule has 0 spiro atoms. The highest BCUT2D eigenvalue weighted by Crippen LogP contribution is 2.24. The number of aryl methyl sites for hydroxylation is 1. The third kappa shape index (κ3) is 9.89. The van der Waals surface area contributed by atoms with Crippen molar-refractivity contribution in [2.45, 2.75) is 50.0 Å². The fourth-order valence-corrected chi connectivity index (χ4v) is 3.55. The van der Waals surface area contributed by atoms with E-state index in [0.29, 0.717) is 23.1 Å². The van der Waals surface area contributed by atoms with Crippen LogP contribution in [0.5, 0.6) is 11.5 Å². The van der Waals surface area contributed by atoms with E-state index < -0.39 is 5.97 Å². The number of aliphatic hydroxyl groups is 1. The second-order valence-electron chi connectivity index (χ2n) is 7.05. The van der Waals surface area contributed by atoms with Crippen LogP contribution in [0.2, 0.25) is 0 Å². The molecule has 0 radical (unpaired) electrons. The number of rotatable bonds is 15. The summed E-state index contributed by atoms with van der Waals surface area (Å²) in [5.41, 5.74) is 1.80. The molecule has 0 atom stereocenters. The molecule has 0 unspecified atom stereocenters. The summed E-state index contributed by atoms with van der Waals surface area (Å²) in [5, 5.41) is 18.5. The van der Waals surface area contributed by atoms with Gasteiger partial charge in [0, 0.05) is 6.08 Å². The monoisotopic (exact) mass is 445 g/mol. The minimum atomic E-state index is -1.04. The third-order valence-electron chi connectivity index (χ3n) is 4.73. The number of aliphatic carboxylic acids is 1. The Labute approximate surface area is 188 Å². The lowest BCUT2D eigenvalue weighted by molar-refractivity contribution is -0.131. The molecule has 0 fully saturated rings. The van der Waals surface area contributed by atoms with Crippen LogP contribution in [0.3, 0.4) is 0 Å². The molecule has 1 heterocycles. The Morgan fingerprint density at radius 1 is 1.03 bits per heavy atom. The summed E-state index contributed by atoms with van der Waals surface area (Å²) >= 11 is 1.18. The van der Waals surface area contributed by atoms with Crippen LogP contribution in [0.25, 0.3) is 6.08 Å². The van der Waals surface area contributed by atoms with Crippen LogP contribution in [0.4, 0.5) is 0 Å². The number of aliphatic hydroxyl groups excluding tert-OH is 1. The van der Waals surface area contributed by atoms with Gasteiger partial charge < -0.3 is 19.7 Å². The van der Waals surface area contributed by atoms with Crippen molar-refractivity contribution in [3.05, 3.63) is 53.7 Å². The van der Waals surface area contributed by atoms with Crippen LogP contribution in [0.15, 0.2) is 47.5 Å². The van der Waals surface area contributed by atoms with E-state index in [0.717, 1.165) is 31.1 Å². The van der Waals surface area contributed by atoms with Crippen LogP contribution >= 0.6 is 11.8 Å². The number of hydrogen-bond acceptors (Lipinski definition) is 6. The van der Waals surface area contributed by atoms with E-state index in [4.69, 9.17) is 19.7 Å². The molecule has 0 aliphatic heterocycles. The molecular weight excluding hydrogens is 414 g/mol. The quantitative estimate of drug-likeness (QED) is 0.169. The first-order valence-corrected chi connectivity index (χ1v) is 11.5. The lowest BCUT2D eigenvalue weighted by atomic mass is 10.0. The molecule has 2 N–H and O–H groups in total. The summed E-state index contributed by atoms with van der Waals surface area (Å²) in [6.45, 7) is 0.563. The van der Waals surface area contributed by atoms with Crippen molar-refractivity contribution in [2.24, 2.45) is 0 Å². The zero-order valence-corrected chi connectivity index (χ0v) is 18.8. The number of pyridine rings is 1. The number of hydrogen-bond donors (Lipinski definition) is 2. The maximum Gasteiger partial charge on any atom is 0.328 e. The second kappa shape index (κ2) is 14.5. The largest absolute Gasteiger partial charge is 0.497 e. The summed E-state index contributed by atoms with van der Waals surface area (Å²) < 4.78 is 11.0. The number of ether oxygens (including phenoxy) is 2. The Balaban J connectivity index is 1.63. The van der Waals surface area contributed by atoms with Crippen LogP contribution in [-0.2, 0) is 11.2 Å². The number of nitrogens with zero attached hydrogens (tertiary/aromatic N) is 1. The predicted molar refractivity (Wildman–Crippen MR) is 124 cm³/mol. The van der Waals surface area contributed by atoms with Crippen molar-refractivity contribution in [3.63, 3.8) is 0 Å². The summed E-state index contributed by atoms with van der Waals surface area (Å²) in [6, 6.07) is 11.8. The van der Waals surface area contributed by atoms with E-state index in [-0.39, 0.29) is 5.94 Å². The number of aromatic nitrogens is 1. The summed E-state index contributed by atoms with van der Waals surface area (Å²) in [7, 11) is 1.68. The average molecular weight is 446 g/mol. The highest BCUT2D eigenvalue weighted by atomic mass is 32.2. The van der Waals surface area contributed by atoms with Gasteiger partial charge in [-0.15, -0.1) is 0 Å². The van der Waals surface area contributed by atoms with E-state index in [9.17, 15) is 4.79 Å². The molecule has 0 aliphatic rings. The molecule has 7 heteroatoms. The molecule has 6 nitrogen and oxygen atoms in total. The second-order valence-corrected chi connectivity index (χ2v) is 8.01. The molecule has 0 amide bonds. The fraction of sp³-hybridized carbons (Fsp3) is 0.417. The normalized spacial score (nSPS) is 11.0. The molecule has 2 aromatic rings. The summed E-state index contributed by atoms with van der Waals surface area (Å²) in [6.07, 6.45) is 10.4. The highest BCUT2D eigenvalue weighted by molar-refractivity contribution is 7.99. The van der Waals surface area contributed by atoms with Gasteiger partial charge in [0.25, 0.3) is 0 Å². The maximum atomic E-state index is 10.8. The van der Waals surface area contributed by atoms with Crippen LogP contribution in [0.1, 0.15) is 49.8 Å². The number of carbonyl (C=O) groups is 1. The molecular formula is C24H31NO5S. The minimum Gasteiger partial charge on any atom is -0.497 e. The standard InChI is InChI=1S/C24H31NO5S/c1-29-20-11-9-19(10-12-20)8-6-4-2-3-5-7-17-30-22-14-15-23(31-18-26)25-21(22)13-16-24(27)28/h9-16,26H,2-8,17-18H2,1H3,(H,27,28). The minimum absolute atomic E-state index is 0.0879. The Kier molecular flexibility index (Phi) is 11.6. The van der Waals surface area contributed by atoms with Crippen molar-refractivity contribution in [2.75, 3.05) is 19.7 Å². The van der Waals surface area contributed by atoms with E-state index in [1.165, 1.54) is 49.1 Å². The van der Waals surface area contributed by atoms with Gasteiger partial charge in [-0.05, 0) is 55.2 Å². The van der Waals surface area contributed by atoms with Crippen molar-refractivity contribution in [1.29, 1.82) is 0 Å². The first-order chi connectivity index (χ1) is 15.1. The summed E-state index contributed by atoms with van der Waals surface area (Å²) in [4.78, 5) is 15.1. The molecule has 0 aliphatic carbocycles. The molecule has 1 aromatic heterocycles. The van der Waals surface area contributed by atoms with E-state index in [1.807, 2.05) is 12.1 Å². The van der Waals surface area contributed by atoms with Gasteiger partial charge in [-0.2, -0.15) is 0 Å². The smallest absolute Gasteiger partial charge is 0.328 e. The van der Waals surface area contributed by atoms with E-state index >= 15 is 0 Å². The van der Waals surface area contributed by atoms with Crippen molar-refractivity contribution in [3.8, 4) is 11.5 Å². The first kappa shape index (κ1) is 24.8. The van der Waals surface area contributed by atoms with Gasteiger partial charge in [-0.3, -0.25) is 0 Å². The van der Waals surface area contributed by atoms with Crippen LogP contribution < -0.4 is 9.47 Å². The average Bonchev–Trinajstić information content (AvgIpc) is 2.78. The molecule has 0 saturated carbocycles. The molecule has 0 bridgehead atoms. The van der Waals surface area contributed by atoms with Gasteiger partial charge in [-0.1, -0.05) is 49.6 Å².